The Labute approximate surface area is 123 Å². The number of aliphatic hydroxyl groups excluding tert-OH is 1. The van der Waals surface area contributed by atoms with E-state index in [0.717, 1.165) is 0 Å². The van der Waals surface area contributed by atoms with Crippen LogP contribution in [0.4, 0.5) is 0 Å². The van der Waals surface area contributed by atoms with E-state index in [4.69, 9.17) is 5.11 Å². The molecule has 0 aliphatic heterocycles. The van der Waals surface area contributed by atoms with Crippen molar-refractivity contribution in [2.45, 2.75) is 18.2 Å². The third-order valence-corrected chi connectivity index (χ3v) is 4.04. The Balaban J connectivity index is 2.38. The molecule has 0 aliphatic carbocycles. The van der Waals surface area contributed by atoms with Crippen molar-refractivity contribution < 1.29 is 14.7 Å². The number of hydrogen-bond donors (Lipinski definition) is 3. The number of hydrogen-bond acceptors (Lipinski definition) is 4. The lowest BCUT2D eigenvalue weighted by molar-refractivity contribution is -0.120. The summed E-state index contributed by atoms with van der Waals surface area (Å²) in [5.74, 6) is -0.550. The summed E-state index contributed by atoms with van der Waals surface area (Å²) in [5.41, 5.74) is 0.519. The van der Waals surface area contributed by atoms with Crippen LogP contribution in [0.25, 0.3) is 0 Å². The zero-order valence-corrected chi connectivity index (χ0v) is 12.4. The van der Waals surface area contributed by atoms with Crippen molar-refractivity contribution in [2.24, 2.45) is 0 Å². The molecule has 20 heavy (non-hydrogen) atoms. The lowest BCUT2D eigenvalue weighted by Crippen LogP contribution is -2.45. The topological polar surface area (TPSA) is 78.4 Å². The van der Waals surface area contributed by atoms with Gasteiger partial charge in [0.15, 0.2) is 0 Å². The van der Waals surface area contributed by atoms with Gasteiger partial charge in [0.1, 0.15) is 0 Å². The largest absolute Gasteiger partial charge is 0.395 e. The quantitative estimate of drug-likeness (QED) is 0.690. The van der Waals surface area contributed by atoms with Gasteiger partial charge in [-0.3, -0.25) is 9.59 Å². The SMILES string of the molecule is CSC(CO)C(C)NC(=O)CNC(=O)c1ccccc1. The van der Waals surface area contributed by atoms with Gasteiger partial charge in [-0.25, -0.2) is 0 Å². The number of benzene rings is 1. The van der Waals surface area contributed by atoms with Crippen LogP contribution in [0.1, 0.15) is 17.3 Å². The molecule has 0 fully saturated rings. The van der Waals surface area contributed by atoms with Gasteiger partial charge < -0.3 is 15.7 Å². The molecule has 0 aliphatic rings. The van der Waals surface area contributed by atoms with Crippen LogP contribution in [0.15, 0.2) is 30.3 Å². The van der Waals surface area contributed by atoms with Crippen LogP contribution < -0.4 is 10.6 Å². The molecular weight excluding hydrogens is 276 g/mol. The van der Waals surface area contributed by atoms with Crippen molar-refractivity contribution in [3.8, 4) is 0 Å². The Morgan fingerprint density at radius 2 is 1.95 bits per heavy atom. The Hall–Kier alpha value is -1.53. The summed E-state index contributed by atoms with van der Waals surface area (Å²) in [6.45, 7) is 1.75. The average molecular weight is 296 g/mol. The fourth-order valence-electron chi connectivity index (χ4n) is 1.69. The Kier molecular flexibility index (Phi) is 7.11. The van der Waals surface area contributed by atoms with Gasteiger partial charge in [-0.1, -0.05) is 18.2 Å². The van der Waals surface area contributed by atoms with Crippen molar-refractivity contribution >= 4 is 23.6 Å². The lowest BCUT2D eigenvalue weighted by atomic mass is 10.2. The first-order valence-electron chi connectivity index (χ1n) is 6.34. The first-order chi connectivity index (χ1) is 9.58. The summed E-state index contributed by atoms with van der Waals surface area (Å²) < 4.78 is 0. The summed E-state index contributed by atoms with van der Waals surface area (Å²) in [6.07, 6.45) is 1.88. The first-order valence-corrected chi connectivity index (χ1v) is 7.63. The number of nitrogens with one attached hydrogen (secondary N) is 2. The molecule has 1 aromatic carbocycles. The summed E-state index contributed by atoms with van der Waals surface area (Å²) in [4.78, 5) is 23.5. The van der Waals surface area contributed by atoms with Crippen LogP contribution in [0.5, 0.6) is 0 Å². The highest BCUT2D eigenvalue weighted by Gasteiger charge is 2.17. The summed E-state index contributed by atoms with van der Waals surface area (Å²) in [6, 6.07) is 8.57. The van der Waals surface area contributed by atoms with Crippen LogP contribution in [-0.4, -0.2) is 47.6 Å². The van der Waals surface area contributed by atoms with Gasteiger partial charge in [0.2, 0.25) is 5.91 Å². The fraction of sp³-hybridized carbons (Fsp3) is 0.429. The minimum absolute atomic E-state index is 0.00100. The summed E-state index contributed by atoms with van der Waals surface area (Å²) >= 11 is 1.49. The number of carbonyl (C=O) groups excluding carboxylic acids is 2. The Morgan fingerprint density at radius 1 is 1.30 bits per heavy atom. The fourth-order valence-corrected chi connectivity index (χ4v) is 2.31. The molecule has 6 heteroatoms. The molecule has 0 saturated carbocycles. The molecule has 3 N–H and O–H groups in total. The van der Waals surface area contributed by atoms with Crippen molar-refractivity contribution in [3.63, 3.8) is 0 Å². The number of carbonyl (C=O) groups is 2. The molecule has 0 bridgehead atoms. The highest BCUT2D eigenvalue weighted by atomic mass is 32.2. The number of thioether (sulfide) groups is 1. The lowest BCUT2D eigenvalue weighted by Gasteiger charge is -2.21. The van der Waals surface area contributed by atoms with Crippen LogP contribution in [0, 0.1) is 0 Å². The molecule has 2 atom stereocenters. The molecule has 5 nitrogen and oxygen atoms in total. The van der Waals surface area contributed by atoms with Crippen LogP contribution in [-0.2, 0) is 4.79 Å². The van der Waals surface area contributed by atoms with E-state index in [0.29, 0.717) is 5.56 Å². The maximum atomic E-state index is 11.7. The molecule has 0 aromatic heterocycles. The molecule has 110 valence electrons. The van der Waals surface area contributed by atoms with Gasteiger partial charge >= 0.3 is 0 Å². The Morgan fingerprint density at radius 3 is 2.50 bits per heavy atom. The molecule has 1 aromatic rings. The normalized spacial score (nSPS) is 13.3. The van der Waals surface area contributed by atoms with Crippen LogP contribution in [0.3, 0.4) is 0 Å². The van der Waals surface area contributed by atoms with E-state index in [9.17, 15) is 9.59 Å². The van der Waals surface area contributed by atoms with Crippen molar-refractivity contribution in [1.29, 1.82) is 0 Å². The maximum absolute atomic E-state index is 11.7. The predicted octanol–water partition coefficient (Wildman–Crippen LogP) is 0.645. The van der Waals surface area contributed by atoms with Crippen LogP contribution in [0.2, 0.25) is 0 Å². The maximum Gasteiger partial charge on any atom is 0.251 e. The zero-order chi connectivity index (χ0) is 15.0. The van der Waals surface area contributed by atoms with E-state index in [1.807, 2.05) is 19.2 Å². The van der Waals surface area contributed by atoms with Crippen molar-refractivity contribution in [1.82, 2.24) is 10.6 Å². The van der Waals surface area contributed by atoms with Gasteiger partial charge in [-0.15, -0.1) is 0 Å². The number of rotatable bonds is 7. The minimum atomic E-state index is -0.281. The van der Waals surface area contributed by atoms with E-state index in [-0.39, 0.29) is 36.3 Å². The van der Waals surface area contributed by atoms with E-state index in [1.165, 1.54) is 11.8 Å². The Bertz CT molecular complexity index is 435. The second-order valence-electron chi connectivity index (χ2n) is 4.36. The highest BCUT2D eigenvalue weighted by Crippen LogP contribution is 2.09. The standard InChI is InChI=1S/C14H20N2O3S/c1-10(12(9-17)20-2)16-13(18)8-15-14(19)11-6-4-3-5-7-11/h3-7,10,12,17H,8-9H2,1-2H3,(H,15,19)(H,16,18). The minimum Gasteiger partial charge on any atom is -0.395 e. The van der Waals surface area contributed by atoms with E-state index < -0.39 is 0 Å². The smallest absolute Gasteiger partial charge is 0.251 e. The van der Waals surface area contributed by atoms with Crippen molar-refractivity contribution in [2.75, 3.05) is 19.4 Å². The molecule has 0 spiro atoms. The zero-order valence-electron chi connectivity index (χ0n) is 11.6. The molecule has 1 rings (SSSR count). The molecule has 2 unspecified atom stereocenters. The molecule has 2 amide bonds. The van der Waals surface area contributed by atoms with Gasteiger partial charge in [0.25, 0.3) is 5.91 Å². The second kappa shape index (κ2) is 8.60. The van der Waals surface area contributed by atoms with Crippen molar-refractivity contribution in [3.05, 3.63) is 35.9 Å². The van der Waals surface area contributed by atoms with Crippen LogP contribution >= 0.6 is 11.8 Å². The predicted molar refractivity (Wildman–Crippen MR) is 80.8 cm³/mol. The summed E-state index contributed by atoms with van der Waals surface area (Å²) in [5, 5.41) is 14.4. The monoisotopic (exact) mass is 296 g/mol. The van der Waals surface area contributed by atoms with E-state index in [2.05, 4.69) is 10.6 Å². The molecular formula is C14H20N2O3S. The molecule has 0 heterocycles. The van der Waals surface area contributed by atoms with Gasteiger partial charge in [-0.05, 0) is 25.3 Å². The van der Waals surface area contributed by atoms with Gasteiger partial charge in [0.05, 0.1) is 13.2 Å². The van der Waals surface area contributed by atoms with E-state index in [1.54, 1.807) is 24.3 Å². The number of amides is 2. The third-order valence-electron chi connectivity index (χ3n) is 2.87. The van der Waals surface area contributed by atoms with Gasteiger partial charge in [0, 0.05) is 16.9 Å². The first kappa shape index (κ1) is 16.5. The van der Waals surface area contributed by atoms with Gasteiger partial charge in [-0.2, -0.15) is 11.8 Å². The highest BCUT2D eigenvalue weighted by molar-refractivity contribution is 7.99. The van der Waals surface area contributed by atoms with E-state index >= 15 is 0 Å². The molecule has 0 saturated heterocycles. The number of aliphatic hydroxyl groups is 1. The molecule has 0 radical (unpaired) electrons. The average Bonchev–Trinajstić information content (AvgIpc) is 2.47. The third kappa shape index (κ3) is 5.22. The summed E-state index contributed by atoms with van der Waals surface area (Å²) in [7, 11) is 0. The second-order valence-corrected chi connectivity index (χ2v) is 5.44.